The Kier molecular flexibility index (Phi) is 8.31. The zero-order valence-electron chi connectivity index (χ0n) is 12.3. The molecule has 0 heterocycles. The summed E-state index contributed by atoms with van der Waals surface area (Å²) < 4.78 is 28.5. The fourth-order valence-electron chi connectivity index (χ4n) is 2.33. The van der Waals surface area contributed by atoms with Crippen molar-refractivity contribution in [2.45, 2.75) is 58.4 Å². The molecule has 0 amide bonds. The van der Waals surface area contributed by atoms with Crippen molar-refractivity contribution in [3.8, 4) is 0 Å². The van der Waals surface area contributed by atoms with Crippen molar-refractivity contribution < 1.29 is 8.78 Å². The van der Waals surface area contributed by atoms with Gasteiger partial charge in [-0.1, -0.05) is 55.5 Å². The van der Waals surface area contributed by atoms with Crippen LogP contribution in [0.2, 0.25) is 0 Å². The molecule has 20 heavy (non-hydrogen) atoms. The van der Waals surface area contributed by atoms with Gasteiger partial charge in [-0.2, -0.15) is 0 Å². The van der Waals surface area contributed by atoms with Crippen LogP contribution in [0.15, 0.2) is 16.6 Å². The molecule has 0 aliphatic carbocycles. The molecule has 0 saturated heterocycles. The van der Waals surface area contributed by atoms with Crippen molar-refractivity contribution in [3.63, 3.8) is 0 Å². The van der Waals surface area contributed by atoms with Crippen LogP contribution in [0.25, 0.3) is 0 Å². The van der Waals surface area contributed by atoms with Gasteiger partial charge in [-0.25, -0.2) is 8.78 Å². The van der Waals surface area contributed by atoms with Crippen molar-refractivity contribution in [1.29, 1.82) is 0 Å². The topological polar surface area (TPSA) is 12.0 Å². The van der Waals surface area contributed by atoms with Crippen LogP contribution in [0, 0.1) is 11.6 Å². The molecule has 4 heteroatoms. The van der Waals surface area contributed by atoms with E-state index in [1.807, 2.05) is 0 Å². The van der Waals surface area contributed by atoms with Crippen LogP contribution >= 0.6 is 15.9 Å². The second-order valence-corrected chi connectivity index (χ2v) is 6.05. The van der Waals surface area contributed by atoms with Crippen LogP contribution in [0.4, 0.5) is 8.78 Å². The largest absolute Gasteiger partial charge is 0.310 e. The molecular formula is C16H24BrF2N. The first kappa shape index (κ1) is 17.6. The first-order chi connectivity index (χ1) is 9.60. The second kappa shape index (κ2) is 9.46. The molecule has 0 radical (unpaired) electrons. The minimum absolute atomic E-state index is 0.179. The van der Waals surface area contributed by atoms with E-state index in [-0.39, 0.29) is 11.6 Å². The highest BCUT2D eigenvalue weighted by Crippen LogP contribution is 2.28. The van der Waals surface area contributed by atoms with Crippen LogP contribution in [0.3, 0.4) is 0 Å². The highest BCUT2D eigenvalue weighted by molar-refractivity contribution is 9.10. The lowest BCUT2D eigenvalue weighted by Gasteiger charge is -2.20. The first-order valence-electron chi connectivity index (χ1n) is 7.48. The third-order valence-electron chi connectivity index (χ3n) is 3.38. The average molecular weight is 348 g/mol. The van der Waals surface area contributed by atoms with E-state index in [9.17, 15) is 8.78 Å². The molecule has 1 N–H and O–H groups in total. The number of halogens is 3. The lowest BCUT2D eigenvalue weighted by Crippen LogP contribution is -2.24. The van der Waals surface area contributed by atoms with Gasteiger partial charge in [0.05, 0.1) is 0 Å². The standard InChI is InChI=1S/C16H24BrF2N/c1-3-5-6-7-8-15(20-9-4-2)16-13(18)10-12(17)11-14(16)19/h10-11,15,20H,3-9H2,1-2H3. The molecule has 0 aromatic heterocycles. The van der Waals surface area contributed by atoms with Crippen LogP contribution < -0.4 is 5.32 Å². The van der Waals surface area contributed by atoms with Gasteiger partial charge in [0, 0.05) is 16.1 Å². The summed E-state index contributed by atoms with van der Waals surface area (Å²) in [5.41, 5.74) is 0.179. The van der Waals surface area contributed by atoms with Gasteiger partial charge >= 0.3 is 0 Å². The minimum Gasteiger partial charge on any atom is -0.310 e. The monoisotopic (exact) mass is 347 g/mol. The van der Waals surface area contributed by atoms with Crippen LogP contribution in [-0.4, -0.2) is 6.54 Å². The van der Waals surface area contributed by atoms with Crippen molar-refractivity contribution in [2.24, 2.45) is 0 Å². The van der Waals surface area contributed by atoms with Crippen molar-refractivity contribution in [1.82, 2.24) is 5.32 Å². The molecule has 0 bridgehead atoms. The van der Waals surface area contributed by atoms with Gasteiger partial charge in [-0.05, 0) is 31.5 Å². The molecule has 1 nitrogen and oxygen atoms in total. The lowest BCUT2D eigenvalue weighted by atomic mass is 9.98. The number of hydrogen-bond donors (Lipinski definition) is 1. The summed E-state index contributed by atoms with van der Waals surface area (Å²) in [5, 5.41) is 3.27. The van der Waals surface area contributed by atoms with E-state index in [0.29, 0.717) is 4.47 Å². The summed E-state index contributed by atoms with van der Waals surface area (Å²) in [6, 6.07) is 2.44. The van der Waals surface area contributed by atoms with Crippen molar-refractivity contribution in [3.05, 3.63) is 33.8 Å². The van der Waals surface area contributed by atoms with Gasteiger partial charge in [0.25, 0.3) is 0 Å². The molecular weight excluding hydrogens is 324 g/mol. The number of rotatable bonds is 9. The van der Waals surface area contributed by atoms with Gasteiger partial charge in [-0.15, -0.1) is 0 Å². The van der Waals surface area contributed by atoms with Crippen molar-refractivity contribution in [2.75, 3.05) is 6.54 Å². The summed E-state index contributed by atoms with van der Waals surface area (Å²) >= 11 is 3.12. The predicted octanol–water partition coefficient (Wildman–Crippen LogP) is 5.74. The van der Waals surface area contributed by atoms with Crippen LogP contribution in [0.5, 0.6) is 0 Å². The molecule has 1 aromatic carbocycles. The van der Waals surface area contributed by atoms with E-state index < -0.39 is 11.6 Å². The van der Waals surface area contributed by atoms with Crippen LogP contribution in [-0.2, 0) is 0 Å². The smallest absolute Gasteiger partial charge is 0.132 e. The Morgan fingerprint density at radius 3 is 2.25 bits per heavy atom. The van der Waals surface area contributed by atoms with E-state index >= 15 is 0 Å². The summed E-state index contributed by atoms with van der Waals surface area (Å²) in [4.78, 5) is 0. The number of benzene rings is 1. The van der Waals surface area contributed by atoms with Crippen LogP contribution in [0.1, 0.15) is 64.0 Å². The zero-order valence-corrected chi connectivity index (χ0v) is 13.9. The molecule has 0 fully saturated rings. The Hall–Kier alpha value is -0.480. The van der Waals surface area contributed by atoms with Gasteiger partial charge in [0.1, 0.15) is 11.6 Å². The minimum atomic E-state index is -0.471. The Balaban J connectivity index is 2.81. The van der Waals surface area contributed by atoms with Crippen molar-refractivity contribution >= 4 is 15.9 Å². The predicted molar refractivity (Wildman–Crippen MR) is 83.9 cm³/mol. The number of nitrogens with one attached hydrogen (secondary N) is 1. The van der Waals surface area contributed by atoms with E-state index in [1.165, 1.54) is 18.6 Å². The van der Waals surface area contributed by atoms with E-state index in [4.69, 9.17) is 0 Å². The fourth-order valence-corrected chi connectivity index (χ4v) is 2.73. The highest BCUT2D eigenvalue weighted by Gasteiger charge is 2.20. The average Bonchev–Trinajstić information content (AvgIpc) is 2.38. The maximum Gasteiger partial charge on any atom is 0.132 e. The molecule has 1 atom stereocenters. The fraction of sp³-hybridized carbons (Fsp3) is 0.625. The highest BCUT2D eigenvalue weighted by atomic mass is 79.9. The van der Waals surface area contributed by atoms with E-state index in [0.717, 1.165) is 38.6 Å². The normalized spacial score (nSPS) is 12.7. The summed E-state index contributed by atoms with van der Waals surface area (Å²) in [7, 11) is 0. The molecule has 1 rings (SSSR count). The Morgan fingerprint density at radius 1 is 1.05 bits per heavy atom. The second-order valence-electron chi connectivity index (χ2n) is 5.14. The third kappa shape index (κ3) is 5.49. The van der Waals surface area contributed by atoms with E-state index in [2.05, 4.69) is 35.1 Å². The molecule has 0 aliphatic rings. The summed E-state index contributed by atoms with van der Waals surface area (Å²) in [5.74, 6) is -0.943. The Labute approximate surface area is 129 Å². The zero-order chi connectivity index (χ0) is 15.0. The van der Waals surface area contributed by atoms with Gasteiger partial charge in [-0.3, -0.25) is 0 Å². The maximum absolute atomic E-state index is 14.1. The molecule has 0 aliphatic heterocycles. The first-order valence-corrected chi connectivity index (χ1v) is 8.27. The number of unbranched alkanes of at least 4 members (excludes halogenated alkanes) is 3. The molecule has 114 valence electrons. The SMILES string of the molecule is CCCCCCC(NCCC)c1c(F)cc(Br)cc1F. The number of hydrogen-bond acceptors (Lipinski definition) is 1. The molecule has 1 unspecified atom stereocenters. The Bertz CT molecular complexity index is 386. The quantitative estimate of drug-likeness (QED) is 0.561. The van der Waals surface area contributed by atoms with Gasteiger partial charge < -0.3 is 5.32 Å². The Morgan fingerprint density at radius 2 is 1.70 bits per heavy atom. The van der Waals surface area contributed by atoms with Gasteiger partial charge in [0.15, 0.2) is 0 Å². The molecule has 0 saturated carbocycles. The van der Waals surface area contributed by atoms with Gasteiger partial charge in [0.2, 0.25) is 0 Å². The lowest BCUT2D eigenvalue weighted by molar-refractivity contribution is 0.429. The molecule has 0 spiro atoms. The third-order valence-corrected chi connectivity index (χ3v) is 3.84. The van der Waals surface area contributed by atoms with E-state index in [1.54, 1.807) is 0 Å². The summed E-state index contributed by atoms with van der Waals surface area (Å²) in [6.45, 7) is 4.98. The molecule has 1 aromatic rings. The summed E-state index contributed by atoms with van der Waals surface area (Å²) in [6.07, 6.45) is 6.16. The maximum atomic E-state index is 14.1.